The average Bonchev–Trinajstić information content (AvgIpc) is 2.44. The summed E-state index contributed by atoms with van der Waals surface area (Å²) in [6, 6.07) is 1.19. The van der Waals surface area contributed by atoms with E-state index in [-0.39, 0.29) is 11.8 Å². The van der Waals surface area contributed by atoms with E-state index in [0.29, 0.717) is 16.5 Å². The normalized spacial score (nSPS) is 24.0. The van der Waals surface area contributed by atoms with Crippen LogP contribution >= 0.6 is 22.6 Å². The Bertz CT molecular complexity index is 538. The zero-order valence-electron chi connectivity index (χ0n) is 11.4. The Morgan fingerprint density at radius 2 is 2.19 bits per heavy atom. The second-order valence-corrected chi connectivity index (χ2v) is 7.07. The van der Waals surface area contributed by atoms with Crippen LogP contribution in [0.2, 0.25) is 0 Å². The molecule has 0 saturated carbocycles. The number of piperazine rings is 1. The Labute approximate surface area is 134 Å². The molecule has 2 atom stereocenters. The maximum atomic E-state index is 12.7. The van der Waals surface area contributed by atoms with Crippen LogP contribution in [0.25, 0.3) is 0 Å². The lowest BCUT2D eigenvalue weighted by atomic mass is 10.1. The van der Waals surface area contributed by atoms with Crippen LogP contribution in [-0.2, 0) is 6.18 Å². The summed E-state index contributed by atoms with van der Waals surface area (Å²) in [6.45, 7) is 5.00. The van der Waals surface area contributed by atoms with Gasteiger partial charge in [-0.15, -0.1) is 0 Å². The number of hydrogen-bond acceptors (Lipinski definition) is 4. The highest BCUT2D eigenvalue weighted by atomic mass is 127. The second kappa shape index (κ2) is 5.45. The van der Waals surface area contributed by atoms with Crippen molar-refractivity contribution in [1.82, 2.24) is 9.88 Å². The lowest BCUT2D eigenvalue weighted by Gasteiger charge is -2.45. The van der Waals surface area contributed by atoms with Gasteiger partial charge in [0.15, 0.2) is 11.6 Å². The van der Waals surface area contributed by atoms with E-state index >= 15 is 0 Å². The highest BCUT2D eigenvalue weighted by Gasteiger charge is 2.37. The minimum Gasteiger partial charge on any atom is -0.487 e. The minimum absolute atomic E-state index is 0.146. The standard InChI is InChI=1S/C13H15F3IN3O/c1-8(17)19-2-3-20-10(6-19)7-21-11-4-9(13(14,15)16)5-18-12(11)20/h4-5,8,10H,2-3,6-7H2,1H3/t8-,10?/m1/s1. The molecule has 1 unspecified atom stereocenters. The van der Waals surface area contributed by atoms with Crippen LogP contribution in [0.4, 0.5) is 19.0 Å². The van der Waals surface area contributed by atoms with Crippen LogP contribution in [-0.4, -0.2) is 46.2 Å². The van der Waals surface area contributed by atoms with Crippen molar-refractivity contribution < 1.29 is 17.9 Å². The van der Waals surface area contributed by atoms with Gasteiger partial charge in [0.2, 0.25) is 0 Å². The Kier molecular flexibility index (Phi) is 3.93. The second-order valence-electron chi connectivity index (χ2n) is 5.27. The molecule has 3 rings (SSSR count). The van der Waals surface area contributed by atoms with Crippen LogP contribution < -0.4 is 9.64 Å². The lowest BCUT2D eigenvalue weighted by molar-refractivity contribution is -0.138. The number of anilines is 1. The maximum absolute atomic E-state index is 12.7. The van der Waals surface area contributed by atoms with E-state index in [4.69, 9.17) is 4.74 Å². The molecule has 0 spiro atoms. The summed E-state index contributed by atoms with van der Waals surface area (Å²) in [7, 11) is 0. The quantitative estimate of drug-likeness (QED) is 0.402. The lowest BCUT2D eigenvalue weighted by Crippen LogP contribution is -2.58. The molecule has 2 aliphatic heterocycles. The fraction of sp³-hybridized carbons (Fsp3) is 0.615. The van der Waals surface area contributed by atoms with E-state index in [1.165, 1.54) is 0 Å². The molecular formula is C13H15F3IN3O. The Balaban J connectivity index is 1.85. The molecule has 1 aromatic rings. The number of alkyl halides is 4. The summed E-state index contributed by atoms with van der Waals surface area (Å²) < 4.78 is 44.1. The van der Waals surface area contributed by atoms with Gasteiger partial charge in [0.05, 0.1) is 15.7 Å². The van der Waals surface area contributed by atoms with Gasteiger partial charge < -0.3 is 9.64 Å². The number of halogens is 4. The highest BCUT2D eigenvalue weighted by molar-refractivity contribution is 14.1. The SMILES string of the molecule is C[C@H](I)N1CCN2c3ncc(C(F)(F)F)cc3OCC2C1. The van der Waals surface area contributed by atoms with Crippen LogP contribution in [0.5, 0.6) is 5.75 Å². The van der Waals surface area contributed by atoms with Crippen molar-refractivity contribution in [2.45, 2.75) is 23.2 Å². The van der Waals surface area contributed by atoms with Gasteiger partial charge in [-0.2, -0.15) is 13.2 Å². The van der Waals surface area contributed by atoms with E-state index in [1.54, 1.807) is 0 Å². The fourth-order valence-electron chi connectivity index (χ4n) is 2.72. The van der Waals surface area contributed by atoms with Crippen molar-refractivity contribution in [2.75, 3.05) is 31.1 Å². The van der Waals surface area contributed by atoms with Gasteiger partial charge in [0, 0.05) is 25.8 Å². The molecule has 0 aromatic carbocycles. The van der Waals surface area contributed by atoms with Gasteiger partial charge in [-0.1, -0.05) is 22.6 Å². The molecular weight excluding hydrogens is 398 g/mol. The summed E-state index contributed by atoms with van der Waals surface area (Å²) in [5.41, 5.74) is -0.765. The van der Waals surface area contributed by atoms with Crippen LogP contribution in [0.15, 0.2) is 12.3 Å². The van der Waals surface area contributed by atoms with Crippen molar-refractivity contribution in [2.24, 2.45) is 0 Å². The Hall–Kier alpha value is -0.770. The molecule has 1 aromatic heterocycles. The number of aromatic nitrogens is 1. The van der Waals surface area contributed by atoms with E-state index in [2.05, 4.69) is 44.3 Å². The molecule has 21 heavy (non-hydrogen) atoms. The number of pyridine rings is 1. The summed E-state index contributed by atoms with van der Waals surface area (Å²) in [4.78, 5) is 8.40. The molecule has 0 radical (unpaired) electrons. The molecule has 3 heterocycles. The summed E-state index contributed by atoms with van der Waals surface area (Å²) >= 11 is 2.36. The van der Waals surface area contributed by atoms with Crippen molar-refractivity contribution in [3.63, 3.8) is 0 Å². The average molecular weight is 413 g/mol. The molecule has 8 heteroatoms. The smallest absolute Gasteiger partial charge is 0.418 e. The van der Waals surface area contributed by atoms with Crippen molar-refractivity contribution in [1.29, 1.82) is 0 Å². The molecule has 1 saturated heterocycles. The Morgan fingerprint density at radius 3 is 2.86 bits per heavy atom. The van der Waals surface area contributed by atoms with Gasteiger partial charge in [-0.3, -0.25) is 4.90 Å². The first-order chi connectivity index (χ1) is 9.86. The van der Waals surface area contributed by atoms with E-state index in [1.807, 2.05) is 0 Å². The molecule has 0 aliphatic carbocycles. The molecule has 0 amide bonds. The number of ether oxygens (including phenoxy) is 1. The minimum atomic E-state index is -4.39. The van der Waals surface area contributed by atoms with Gasteiger partial charge >= 0.3 is 6.18 Å². The number of nitrogens with zero attached hydrogens (tertiary/aromatic N) is 3. The molecule has 116 valence electrons. The third-order valence-corrected chi connectivity index (χ3v) is 4.67. The topological polar surface area (TPSA) is 28.6 Å². The maximum Gasteiger partial charge on any atom is 0.418 e. The van der Waals surface area contributed by atoms with E-state index in [0.717, 1.165) is 31.9 Å². The number of fused-ring (bicyclic) bond motifs is 3. The van der Waals surface area contributed by atoms with Gasteiger partial charge in [0.25, 0.3) is 0 Å². The first-order valence-corrected chi connectivity index (χ1v) is 7.95. The molecule has 1 fully saturated rings. The van der Waals surface area contributed by atoms with Crippen molar-refractivity contribution >= 4 is 28.4 Å². The van der Waals surface area contributed by atoms with Gasteiger partial charge in [0.1, 0.15) is 6.61 Å². The first kappa shape index (κ1) is 15.1. The largest absolute Gasteiger partial charge is 0.487 e. The predicted molar refractivity (Wildman–Crippen MR) is 80.9 cm³/mol. The number of rotatable bonds is 1. The predicted octanol–water partition coefficient (Wildman–Crippen LogP) is 2.76. The fourth-order valence-corrected chi connectivity index (χ4v) is 3.23. The van der Waals surface area contributed by atoms with E-state index in [9.17, 15) is 13.2 Å². The zero-order chi connectivity index (χ0) is 15.2. The van der Waals surface area contributed by atoms with E-state index < -0.39 is 11.7 Å². The first-order valence-electron chi connectivity index (χ1n) is 6.71. The third-order valence-electron chi connectivity index (χ3n) is 3.88. The monoisotopic (exact) mass is 413 g/mol. The molecule has 0 N–H and O–H groups in total. The van der Waals surface area contributed by atoms with Gasteiger partial charge in [-0.25, -0.2) is 4.98 Å². The molecule has 0 bridgehead atoms. The summed E-state index contributed by atoms with van der Waals surface area (Å²) in [6.07, 6.45) is -3.50. The highest BCUT2D eigenvalue weighted by Crippen LogP contribution is 2.38. The Morgan fingerprint density at radius 1 is 1.43 bits per heavy atom. The van der Waals surface area contributed by atoms with Crippen LogP contribution in [0.1, 0.15) is 12.5 Å². The summed E-state index contributed by atoms with van der Waals surface area (Å²) in [5.74, 6) is 0.761. The third kappa shape index (κ3) is 2.92. The number of hydrogen-bond donors (Lipinski definition) is 0. The van der Waals surface area contributed by atoms with Crippen molar-refractivity contribution in [3.05, 3.63) is 17.8 Å². The molecule has 4 nitrogen and oxygen atoms in total. The molecule has 2 aliphatic rings. The summed E-state index contributed by atoms with van der Waals surface area (Å²) in [5, 5.41) is 0. The zero-order valence-corrected chi connectivity index (χ0v) is 13.6. The van der Waals surface area contributed by atoms with Crippen LogP contribution in [0.3, 0.4) is 0 Å². The van der Waals surface area contributed by atoms with Crippen molar-refractivity contribution in [3.8, 4) is 5.75 Å². The van der Waals surface area contributed by atoms with Gasteiger partial charge in [-0.05, 0) is 13.0 Å². The van der Waals surface area contributed by atoms with Crippen LogP contribution in [0, 0.1) is 0 Å².